The molecule has 7 heteroatoms. The quantitative estimate of drug-likeness (QED) is 0.844. The van der Waals surface area contributed by atoms with Gasteiger partial charge in [-0.05, 0) is 18.7 Å². The molecular formula is C9H13N5OS. The average Bonchev–Trinajstić information content (AvgIpc) is 2.74. The van der Waals surface area contributed by atoms with Crippen LogP contribution in [0.15, 0.2) is 16.5 Å². The predicted octanol–water partition coefficient (Wildman–Crippen LogP) is 0.501. The molecule has 0 amide bonds. The van der Waals surface area contributed by atoms with E-state index in [9.17, 15) is 5.11 Å². The summed E-state index contributed by atoms with van der Waals surface area (Å²) >= 11 is 1.45. The van der Waals surface area contributed by atoms with Gasteiger partial charge < -0.3 is 5.11 Å². The number of hydrogen-bond acceptors (Lipinski definition) is 5. The minimum absolute atomic E-state index is 0.0140. The Morgan fingerprint density at radius 1 is 1.38 bits per heavy atom. The number of aliphatic hydroxyl groups excluding tert-OH is 1. The molecule has 0 aliphatic heterocycles. The van der Waals surface area contributed by atoms with Crippen LogP contribution in [0.4, 0.5) is 0 Å². The Balaban J connectivity index is 2.38. The van der Waals surface area contributed by atoms with Crippen molar-refractivity contribution in [2.75, 3.05) is 0 Å². The molecule has 0 bridgehead atoms. The van der Waals surface area contributed by atoms with Crippen LogP contribution in [0.2, 0.25) is 0 Å². The fourth-order valence-electron chi connectivity index (χ4n) is 1.46. The van der Waals surface area contributed by atoms with Crippen molar-refractivity contribution in [2.24, 2.45) is 14.1 Å². The predicted molar refractivity (Wildman–Crippen MR) is 59.0 cm³/mol. The maximum atomic E-state index is 9.30. The van der Waals surface area contributed by atoms with Gasteiger partial charge in [0.25, 0.3) is 0 Å². The summed E-state index contributed by atoms with van der Waals surface area (Å²) < 4.78 is 3.44. The summed E-state index contributed by atoms with van der Waals surface area (Å²) in [6.45, 7) is 1.87. The Morgan fingerprint density at radius 2 is 2.12 bits per heavy atom. The highest BCUT2D eigenvalue weighted by Crippen LogP contribution is 2.29. The van der Waals surface area contributed by atoms with Crippen LogP contribution in [0, 0.1) is 6.92 Å². The summed E-state index contributed by atoms with van der Waals surface area (Å²) in [6.07, 6.45) is 1.50. The second-order valence-corrected chi connectivity index (χ2v) is 4.38. The van der Waals surface area contributed by atoms with Gasteiger partial charge >= 0.3 is 0 Å². The van der Waals surface area contributed by atoms with E-state index in [4.69, 9.17) is 0 Å². The molecule has 0 spiro atoms. The fourth-order valence-corrected chi connectivity index (χ4v) is 2.42. The summed E-state index contributed by atoms with van der Waals surface area (Å²) in [6, 6.07) is 0. The van der Waals surface area contributed by atoms with E-state index in [1.54, 1.807) is 9.36 Å². The lowest BCUT2D eigenvalue weighted by molar-refractivity contribution is 0.277. The van der Waals surface area contributed by atoms with Crippen LogP contribution in [0.1, 0.15) is 11.3 Å². The average molecular weight is 239 g/mol. The molecule has 2 aromatic rings. The van der Waals surface area contributed by atoms with Crippen LogP contribution in [0.25, 0.3) is 0 Å². The molecule has 1 N–H and O–H groups in total. The van der Waals surface area contributed by atoms with E-state index < -0.39 is 0 Å². The van der Waals surface area contributed by atoms with Crippen molar-refractivity contribution < 1.29 is 5.11 Å². The highest BCUT2D eigenvalue weighted by Gasteiger charge is 2.15. The summed E-state index contributed by atoms with van der Waals surface area (Å²) in [5.74, 6) is 0. The molecule has 86 valence electrons. The van der Waals surface area contributed by atoms with E-state index >= 15 is 0 Å². The van der Waals surface area contributed by atoms with Crippen molar-refractivity contribution in [1.82, 2.24) is 24.5 Å². The number of nitrogens with zero attached hydrogens (tertiary/aromatic N) is 5. The Morgan fingerprint density at radius 3 is 2.69 bits per heavy atom. The second-order valence-electron chi connectivity index (χ2n) is 3.42. The maximum Gasteiger partial charge on any atom is 0.192 e. The van der Waals surface area contributed by atoms with Gasteiger partial charge in [-0.15, -0.1) is 0 Å². The molecule has 0 fully saturated rings. The molecule has 6 nitrogen and oxygen atoms in total. The van der Waals surface area contributed by atoms with Crippen LogP contribution < -0.4 is 0 Å². The molecular weight excluding hydrogens is 226 g/mol. The zero-order chi connectivity index (χ0) is 11.7. The van der Waals surface area contributed by atoms with Crippen molar-refractivity contribution in [1.29, 1.82) is 0 Å². The standard InChI is InChI=1S/C9H13N5OS/c1-6-7(4-15)8(13(2)12-6)16-9-10-5-11-14(9)3/h5,15H,4H2,1-3H3. The Hall–Kier alpha value is -1.34. The smallest absolute Gasteiger partial charge is 0.192 e. The molecule has 0 radical (unpaired) electrons. The maximum absolute atomic E-state index is 9.30. The minimum Gasteiger partial charge on any atom is -0.392 e. The molecule has 0 atom stereocenters. The zero-order valence-electron chi connectivity index (χ0n) is 9.38. The lowest BCUT2D eigenvalue weighted by Gasteiger charge is -2.03. The summed E-state index contributed by atoms with van der Waals surface area (Å²) in [7, 11) is 3.68. The molecule has 2 rings (SSSR count). The summed E-state index contributed by atoms with van der Waals surface area (Å²) in [5, 5.41) is 19.2. The summed E-state index contributed by atoms with van der Waals surface area (Å²) in [5.41, 5.74) is 1.69. The van der Waals surface area contributed by atoms with Gasteiger partial charge in [0.15, 0.2) is 5.16 Å². The van der Waals surface area contributed by atoms with Crippen molar-refractivity contribution in [3.8, 4) is 0 Å². The van der Waals surface area contributed by atoms with Gasteiger partial charge in [0.2, 0.25) is 0 Å². The first-order chi connectivity index (χ1) is 7.63. The van der Waals surface area contributed by atoms with Crippen LogP contribution in [0.3, 0.4) is 0 Å². The Labute approximate surface area is 97.3 Å². The highest BCUT2D eigenvalue weighted by atomic mass is 32.2. The second kappa shape index (κ2) is 4.26. The van der Waals surface area contributed by atoms with Crippen LogP contribution >= 0.6 is 11.8 Å². The lowest BCUT2D eigenvalue weighted by Crippen LogP contribution is -1.97. The molecule has 0 aliphatic rings. The van der Waals surface area contributed by atoms with E-state index in [1.165, 1.54) is 18.1 Å². The first kappa shape index (κ1) is 11.2. The van der Waals surface area contributed by atoms with Gasteiger partial charge in [-0.25, -0.2) is 9.67 Å². The third kappa shape index (κ3) is 1.83. The van der Waals surface area contributed by atoms with Gasteiger partial charge in [0, 0.05) is 19.7 Å². The zero-order valence-corrected chi connectivity index (χ0v) is 10.2. The van der Waals surface area contributed by atoms with Crippen LogP contribution in [-0.4, -0.2) is 29.7 Å². The minimum atomic E-state index is -0.0140. The number of aromatic nitrogens is 5. The lowest BCUT2D eigenvalue weighted by atomic mass is 10.3. The third-order valence-corrected chi connectivity index (χ3v) is 3.56. The van der Waals surface area contributed by atoms with Gasteiger partial charge in [-0.2, -0.15) is 10.2 Å². The SMILES string of the molecule is Cc1nn(C)c(Sc2ncnn2C)c1CO. The van der Waals surface area contributed by atoms with Crippen LogP contribution in [-0.2, 0) is 20.7 Å². The number of aliphatic hydroxyl groups is 1. The van der Waals surface area contributed by atoms with Gasteiger partial charge in [0.1, 0.15) is 11.4 Å². The van der Waals surface area contributed by atoms with Gasteiger partial charge in [-0.1, -0.05) is 0 Å². The van der Waals surface area contributed by atoms with E-state index in [0.29, 0.717) is 0 Å². The molecule has 0 saturated heterocycles. The number of hydrogen-bond donors (Lipinski definition) is 1. The molecule has 2 aromatic heterocycles. The fraction of sp³-hybridized carbons (Fsp3) is 0.444. The van der Waals surface area contributed by atoms with Crippen molar-refractivity contribution >= 4 is 11.8 Å². The molecule has 0 aromatic carbocycles. The monoisotopic (exact) mass is 239 g/mol. The van der Waals surface area contributed by atoms with Crippen molar-refractivity contribution in [3.05, 3.63) is 17.6 Å². The summed E-state index contributed by atoms with van der Waals surface area (Å²) in [4.78, 5) is 4.13. The molecule has 16 heavy (non-hydrogen) atoms. The first-order valence-electron chi connectivity index (χ1n) is 4.78. The van der Waals surface area contributed by atoms with Crippen LogP contribution in [0.5, 0.6) is 0 Å². The topological polar surface area (TPSA) is 68.8 Å². The van der Waals surface area contributed by atoms with Gasteiger partial charge in [0.05, 0.1) is 12.3 Å². The van der Waals surface area contributed by atoms with E-state index in [0.717, 1.165) is 21.4 Å². The molecule has 0 aliphatic carbocycles. The molecule has 0 unspecified atom stereocenters. The van der Waals surface area contributed by atoms with E-state index in [1.807, 2.05) is 21.0 Å². The van der Waals surface area contributed by atoms with E-state index in [-0.39, 0.29) is 6.61 Å². The molecule has 0 saturated carbocycles. The first-order valence-corrected chi connectivity index (χ1v) is 5.60. The molecule has 2 heterocycles. The van der Waals surface area contributed by atoms with Crippen molar-refractivity contribution in [3.63, 3.8) is 0 Å². The third-order valence-electron chi connectivity index (χ3n) is 2.30. The van der Waals surface area contributed by atoms with Crippen molar-refractivity contribution in [2.45, 2.75) is 23.7 Å². The number of aryl methyl sites for hydroxylation is 3. The Kier molecular flexibility index (Phi) is 2.97. The van der Waals surface area contributed by atoms with E-state index in [2.05, 4.69) is 15.2 Å². The van der Waals surface area contributed by atoms with Gasteiger partial charge in [-0.3, -0.25) is 4.68 Å². The normalized spacial score (nSPS) is 11.0. The number of rotatable bonds is 3. The highest BCUT2D eigenvalue weighted by molar-refractivity contribution is 7.99. The largest absolute Gasteiger partial charge is 0.392 e. The Bertz CT molecular complexity index is 504.